The Morgan fingerprint density at radius 2 is 1.93 bits per heavy atom. The molecule has 0 aliphatic carbocycles. The van der Waals surface area contributed by atoms with Gasteiger partial charge < -0.3 is 9.80 Å². The predicted molar refractivity (Wildman–Crippen MR) is 107 cm³/mol. The fourth-order valence-corrected chi connectivity index (χ4v) is 4.38. The van der Waals surface area contributed by atoms with Gasteiger partial charge in [-0.1, -0.05) is 24.3 Å². The fourth-order valence-electron chi connectivity index (χ4n) is 4.05. The number of piperidine rings is 1. The Morgan fingerprint density at radius 3 is 2.67 bits per heavy atom. The summed E-state index contributed by atoms with van der Waals surface area (Å²) in [5.74, 6) is 1.06. The number of hydrogen-bond donors (Lipinski definition) is 0. The second kappa shape index (κ2) is 7.69. The van der Waals surface area contributed by atoms with Gasteiger partial charge in [-0.25, -0.2) is 4.98 Å². The lowest BCUT2D eigenvalue weighted by molar-refractivity contribution is -0.137. The number of fused-ring (bicyclic) bond motifs is 1. The number of carbonyl (C=O) groups excluding carboxylic acids is 1. The molecule has 1 aromatic carbocycles. The first-order valence-electron chi connectivity index (χ1n) is 9.32. The highest BCUT2D eigenvalue weighted by Crippen LogP contribution is 2.28. The van der Waals surface area contributed by atoms with Crippen molar-refractivity contribution in [3.63, 3.8) is 0 Å². The van der Waals surface area contributed by atoms with E-state index in [1.807, 2.05) is 11.0 Å². The number of hydrogen-bond acceptors (Lipinski definition) is 4. The van der Waals surface area contributed by atoms with Gasteiger partial charge in [0, 0.05) is 42.8 Å². The van der Waals surface area contributed by atoms with Crippen LogP contribution in [0.5, 0.6) is 0 Å². The van der Waals surface area contributed by atoms with E-state index in [4.69, 9.17) is 0 Å². The van der Waals surface area contributed by atoms with Crippen LogP contribution in [0.4, 0.5) is 5.82 Å². The van der Waals surface area contributed by atoms with Gasteiger partial charge in [-0.2, -0.15) is 5.26 Å². The summed E-state index contributed by atoms with van der Waals surface area (Å²) in [5, 5.41) is 9.37. The summed E-state index contributed by atoms with van der Waals surface area (Å²) in [6, 6.07) is 12.4. The number of rotatable bonds is 2. The van der Waals surface area contributed by atoms with Crippen molar-refractivity contribution in [3.05, 3.63) is 57.7 Å². The number of nitrogens with zero attached hydrogens (tertiary/aromatic N) is 4. The number of amides is 1. The maximum absolute atomic E-state index is 13.0. The van der Waals surface area contributed by atoms with Gasteiger partial charge in [0.15, 0.2) is 0 Å². The monoisotopic (exact) mass is 424 g/mol. The lowest BCUT2D eigenvalue weighted by Gasteiger charge is -2.36. The zero-order valence-electron chi connectivity index (χ0n) is 15.1. The molecule has 1 aromatic heterocycles. The Morgan fingerprint density at radius 1 is 1.19 bits per heavy atom. The van der Waals surface area contributed by atoms with Gasteiger partial charge in [-0.15, -0.1) is 0 Å². The average molecular weight is 425 g/mol. The molecule has 2 aliphatic heterocycles. The van der Waals surface area contributed by atoms with Gasteiger partial charge >= 0.3 is 0 Å². The van der Waals surface area contributed by atoms with Crippen molar-refractivity contribution >= 4 is 27.7 Å². The van der Waals surface area contributed by atoms with Crippen LogP contribution in [0.2, 0.25) is 0 Å². The van der Waals surface area contributed by atoms with Crippen LogP contribution < -0.4 is 4.90 Å². The topological polar surface area (TPSA) is 60.2 Å². The molecule has 6 heteroatoms. The van der Waals surface area contributed by atoms with E-state index >= 15 is 0 Å². The van der Waals surface area contributed by atoms with E-state index in [2.05, 4.69) is 50.1 Å². The van der Waals surface area contributed by atoms with Crippen molar-refractivity contribution in [3.8, 4) is 6.07 Å². The highest BCUT2D eigenvalue weighted by molar-refractivity contribution is 9.10. The first-order valence-corrected chi connectivity index (χ1v) is 10.1. The van der Waals surface area contributed by atoms with Crippen LogP contribution in [-0.2, 0) is 17.8 Å². The Kier molecular flexibility index (Phi) is 5.13. The minimum Gasteiger partial charge on any atom is -0.355 e. The first-order chi connectivity index (χ1) is 13.2. The number of carbonyl (C=O) groups is 1. The van der Waals surface area contributed by atoms with Crippen molar-refractivity contribution in [2.24, 2.45) is 5.92 Å². The minimum atomic E-state index is 0.0625. The van der Waals surface area contributed by atoms with E-state index in [0.29, 0.717) is 5.56 Å². The molecule has 5 nitrogen and oxygen atoms in total. The molecule has 138 valence electrons. The van der Waals surface area contributed by atoms with Crippen molar-refractivity contribution in [2.75, 3.05) is 24.5 Å². The van der Waals surface area contributed by atoms with E-state index in [0.717, 1.165) is 55.7 Å². The SMILES string of the molecule is N#Cc1cc(Br)cnc1N1CCC(C(=O)N2CCc3ccccc3C2)CC1. The van der Waals surface area contributed by atoms with Gasteiger partial charge in [0.25, 0.3) is 0 Å². The van der Waals surface area contributed by atoms with Gasteiger partial charge in [0.1, 0.15) is 11.9 Å². The third kappa shape index (κ3) is 3.70. The summed E-state index contributed by atoms with van der Waals surface area (Å²) < 4.78 is 0.804. The van der Waals surface area contributed by atoms with Gasteiger partial charge in [-0.05, 0) is 52.4 Å². The standard InChI is InChI=1S/C21H21BrN4O/c22-19-11-18(12-23)20(24-13-19)25-8-6-16(7-9-25)21(27)26-10-5-15-3-1-2-4-17(15)14-26/h1-4,11,13,16H,5-10,14H2. The normalized spacial score (nSPS) is 17.3. The van der Waals surface area contributed by atoms with Crippen LogP contribution in [0.25, 0.3) is 0 Å². The summed E-state index contributed by atoms with van der Waals surface area (Å²) in [5.41, 5.74) is 3.20. The number of pyridine rings is 1. The summed E-state index contributed by atoms with van der Waals surface area (Å²) in [6.45, 7) is 3.04. The van der Waals surface area contributed by atoms with Crippen LogP contribution in [-0.4, -0.2) is 35.4 Å². The van der Waals surface area contributed by atoms with E-state index in [1.54, 1.807) is 12.3 Å². The van der Waals surface area contributed by atoms with E-state index in [-0.39, 0.29) is 11.8 Å². The summed E-state index contributed by atoms with van der Waals surface area (Å²) in [7, 11) is 0. The molecule has 0 saturated carbocycles. The first kappa shape index (κ1) is 18.0. The molecule has 2 aromatic rings. The van der Waals surface area contributed by atoms with Crippen LogP contribution in [0.3, 0.4) is 0 Å². The van der Waals surface area contributed by atoms with Crippen molar-refractivity contribution in [1.82, 2.24) is 9.88 Å². The average Bonchev–Trinajstić information content (AvgIpc) is 2.73. The Hall–Kier alpha value is -2.39. The molecule has 0 spiro atoms. The third-order valence-corrected chi connectivity index (χ3v) is 5.97. The number of anilines is 1. The van der Waals surface area contributed by atoms with E-state index < -0.39 is 0 Å². The van der Waals surface area contributed by atoms with Crippen LogP contribution >= 0.6 is 15.9 Å². The van der Waals surface area contributed by atoms with Gasteiger partial charge in [-0.3, -0.25) is 4.79 Å². The zero-order chi connectivity index (χ0) is 18.8. The highest BCUT2D eigenvalue weighted by Gasteiger charge is 2.31. The molecule has 1 saturated heterocycles. The molecule has 2 aliphatic rings. The second-order valence-electron chi connectivity index (χ2n) is 7.18. The largest absolute Gasteiger partial charge is 0.355 e. The van der Waals surface area contributed by atoms with Crippen molar-refractivity contribution in [2.45, 2.75) is 25.8 Å². The number of benzene rings is 1. The maximum Gasteiger partial charge on any atom is 0.226 e. The smallest absolute Gasteiger partial charge is 0.226 e. The van der Waals surface area contributed by atoms with Gasteiger partial charge in [0.05, 0.1) is 5.56 Å². The molecule has 3 heterocycles. The van der Waals surface area contributed by atoms with Crippen LogP contribution in [0, 0.1) is 17.2 Å². The van der Waals surface area contributed by atoms with Gasteiger partial charge in [0.2, 0.25) is 5.91 Å². The summed E-state index contributed by atoms with van der Waals surface area (Å²) in [6.07, 6.45) is 4.27. The van der Waals surface area contributed by atoms with Crippen molar-refractivity contribution < 1.29 is 4.79 Å². The molecule has 0 unspecified atom stereocenters. The molecule has 0 radical (unpaired) electrons. The molecular weight excluding hydrogens is 404 g/mol. The highest BCUT2D eigenvalue weighted by atomic mass is 79.9. The number of halogens is 1. The molecule has 4 rings (SSSR count). The lowest BCUT2D eigenvalue weighted by atomic mass is 9.93. The Balaban J connectivity index is 1.40. The molecular formula is C21H21BrN4O. The zero-order valence-corrected chi connectivity index (χ0v) is 16.7. The third-order valence-electron chi connectivity index (χ3n) is 5.54. The predicted octanol–water partition coefficient (Wildman–Crippen LogP) is 3.52. The van der Waals surface area contributed by atoms with E-state index in [1.165, 1.54) is 11.1 Å². The van der Waals surface area contributed by atoms with Crippen LogP contribution in [0.1, 0.15) is 29.5 Å². The quantitative estimate of drug-likeness (QED) is 0.739. The molecule has 0 bridgehead atoms. The molecule has 1 fully saturated rings. The maximum atomic E-state index is 13.0. The number of nitriles is 1. The lowest BCUT2D eigenvalue weighted by Crippen LogP contribution is -2.44. The Bertz CT molecular complexity index is 899. The molecule has 0 N–H and O–H groups in total. The van der Waals surface area contributed by atoms with Crippen molar-refractivity contribution in [1.29, 1.82) is 5.26 Å². The number of aromatic nitrogens is 1. The summed E-state index contributed by atoms with van der Waals surface area (Å²) in [4.78, 5) is 21.6. The van der Waals surface area contributed by atoms with E-state index in [9.17, 15) is 10.1 Å². The second-order valence-corrected chi connectivity index (χ2v) is 8.09. The minimum absolute atomic E-state index is 0.0625. The fraction of sp³-hybridized carbons (Fsp3) is 0.381. The molecule has 27 heavy (non-hydrogen) atoms. The summed E-state index contributed by atoms with van der Waals surface area (Å²) >= 11 is 3.36. The van der Waals surface area contributed by atoms with Crippen LogP contribution in [0.15, 0.2) is 41.0 Å². The Labute approximate surface area is 167 Å². The molecule has 1 amide bonds. The molecule has 0 atom stereocenters.